The fourth-order valence-electron chi connectivity index (χ4n) is 5.71. The van der Waals surface area contributed by atoms with E-state index in [9.17, 15) is 14.7 Å². The van der Waals surface area contributed by atoms with Crippen molar-refractivity contribution >= 4 is 23.6 Å². The minimum atomic E-state index is -0.739. The zero-order chi connectivity index (χ0) is 24.1. The fourth-order valence-corrected chi connectivity index (χ4v) is 5.98. The minimum absolute atomic E-state index is 0.0957. The molecule has 1 saturated heterocycles. The molecular formula is C27H35ClN2O4. The summed E-state index contributed by atoms with van der Waals surface area (Å²) in [7, 11) is 0. The number of hydrogen-bond acceptors (Lipinski definition) is 3. The van der Waals surface area contributed by atoms with E-state index in [2.05, 4.69) is 24.4 Å². The Kier molecular flexibility index (Phi) is 6.18. The Hall–Kier alpha value is -2.05. The van der Waals surface area contributed by atoms with Gasteiger partial charge < -0.3 is 15.2 Å². The summed E-state index contributed by atoms with van der Waals surface area (Å²) < 4.78 is 5.49. The number of halogens is 1. The van der Waals surface area contributed by atoms with Crippen molar-refractivity contribution in [1.29, 1.82) is 0 Å². The zero-order valence-electron chi connectivity index (χ0n) is 20.1. The summed E-state index contributed by atoms with van der Waals surface area (Å²) in [6, 6.07) is 6.16. The van der Waals surface area contributed by atoms with Gasteiger partial charge in [-0.15, -0.1) is 0 Å². The average Bonchev–Trinajstić information content (AvgIpc) is 3.51. The van der Waals surface area contributed by atoms with Crippen molar-refractivity contribution in [2.75, 3.05) is 13.2 Å². The maximum absolute atomic E-state index is 13.3. The SMILES string of the molecule is CC1(CCc2ccc([C@]3(C)NC(=O)N(C4CCOCC4)C=C3[C@H]3C[C@@H](C(=O)O)C3)cc2Cl)CC1. The van der Waals surface area contributed by atoms with Gasteiger partial charge in [0.1, 0.15) is 0 Å². The average molecular weight is 487 g/mol. The van der Waals surface area contributed by atoms with Crippen LogP contribution >= 0.6 is 11.6 Å². The number of carbonyl (C=O) groups excluding carboxylic acids is 1. The van der Waals surface area contributed by atoms with E-state index in [4.69, 9.17) is 16.3 Å². The van der Waals surface area contributed by atoms with Gasteiger partial charge in [0.2, 0.25) is 0 Å². The largest absolute Gasteiger partial charge is 0.481 e. The molecule has 1 aromatic rings. The standard InChI is InChI=1S/C27H35ClN2O4/c1-26(9-10-26)8-5-17-3-4-20(15-23(17)28)27(2)22(18-13-19(14-18)24(31)32)16-30(25(33)29-27)21-6-11-34-12-7-21/h3-4,15-16,18-19,21H,5-14H2,1-2H3,(H,29,33)(H,31,32)/t18-,19+,27-/m0/s1. The number of carboxylic acids is 1. The van der Waals surface area contributed by atoms with E-state index in [1.54, 1.807) is 0 Å². The number of urea groups is 1. The molecule has 4 aliphatic rings. The molecule has 3 fully saturated rings. The zero-order valence-corrected chi connectivity index (χ0v) is 20.9. The van der Waals surface area contributed by atoms with E-state index in [-0.39, 0.29) is 23.9 Å². The van der Waals surface area contributed by atoms with Crippen LogP contribution in [0.3, 0.4) is 0 Å². The fraction of sp³-hybridized carbons (Fsp3) is 0.630. The van der Waals surface area contributed by atoms with Gasteiger partial charge >= 0.3 is 12.0 Å². The molecule has 34 heavy (non-hydrogen) atoms. The molecule has 2 aliphatic carbocycles. The Morgan fingerprint density at radius 2 is 1.94 bits per heavy atom. The Morgan fingerprint density at radius 1 is 1.24 bits per heavy atom. The predicted molar refractivity (Wildman–Crippen MR) is 131 cm³/mol. The van der Waals surface area contributed by atoms with Crippen LogP contribution in [-0.4, -0.2) is 41.3 Å². The van der Waals surface area contributed by atoms with Crippen LogP contribution in [-0.2, 0) is 21.5 Å². The number of aryl methyl sites for hydroxylation is 1. The Morgan fingerprint density at radius 3 is 2.56 bits per heavy atom. The smallest absolute Gasteiger partial charge is 0.322 e. The van der Waals surface area contributed by atoms with Gasteiger partial charge in [-0.2, -0.15) is 0 Å². The van der Waals surface area contributed by atoms with Gasteiger partial charge in [0, 0.05) is 30.5 Å². The monoisotopic (exact) mass is 486 g/mol. The molecular weight excluding hydrogens is 452 g/mol. The number of ether oxygens (including phenoxy) is 1. The third-order valence-corrected chi connectivity index (χ3v) is 9.04. The van der Waals surface area contributed by atoms with E-state index in [0.29, 0.717) is 31.5 Å². The lowest BCUT2D eigenvalue weighted by molar-refractivity contribution is -0.145. The van der Waals surface area contributed by atoms with Crippen LogP contribution in [0, 0.1) is 17.3 Å². The van der Waals surface area contributed by atoms with Gasteiger partial charge in [-0.3, -0.25) is 9.69 Å². The summed E-state index contributed by atoms with van der Waals surface area (Å²) in [6.45, 7) is 5.66. The van der Waals surface area contributed by atoms with Crippen LogP contribution in [0.1, 0.15) is 69.9 Å². The third-order valence-electron chi connectivity index (χ3n) is 8.69. The van der Waals surface area contributed by atoms with Crippen LogP contribution in [0.15, 0.2) is 30.0 Å². The summed E-state index contributed by atoms with van der Waals surface area (Å²) >= 11 is 6.75. The van der Waals surface area contributed by atoms with Crippen molar-refractivity contribution in [1.82, 2.24) is 10.2 Å². The number of nitrogens with one attached hydrogen (secondary N) is 1. The normalized spacial score (nSPS) is 30.9. The molecule has 5 rings (SSSR count). The Bertz CT molecular complexity index is 1010. The first-order valence-corrected chi connectivity index (χ1v) is 13.0. The van der Waals surface area contributed by atoms with Crippen molar-refractivity contribution in [2.24, 2.45) is 17.3 Å². The van der Waals surface area contributed by atoms with E-state index < -0.39 is 11.5 Å². The summed E-state index contributed by atoms with van der Waals surface area (Å²) in [5.74, 6) is -0.946. The number of carbonyl (C=O) groups is 2. The second-order valence-electron chi connectivity index (χ2n) is 11.2. The molecule has 184 valence electrons. The first-order chi connectivity index (χ1) is 16.2. The van der Waals surface area contributed by atoms with Crippen LogP contribution in [0.4, 0.5) is 4.79 Å². The quantitative estimate of drug-likeness (QED) is 0.534. The molecule has 2 aliphatic heterocycles. The Labute approximate surface area is 206 Å². The van der Waals surface area contributed by atoms with Crippen molar-refractivity contribution in [2.45, 2.75) is 76.8 Å². The number of hydrogen-bond donors (Lipinski definition) is 2. The van der Waals surface area contributed by atoms with E-state index in [1.165, 1.54) is 12.8 Å². The number of nitrogens with zero attached hydrogens (tertiary/aromatic N) is 1. The molecule has 0 aromatic heterocycles. The summed E-state index contributed by atoms with van der Waals surface area (Å²) in [4.78, 5) is 26.6. The Balaban J connectivity index is 1.44. The molecule has 0 bridgehead atoms. The van der Waals surface area contributed by atoms with E-state index in [1.807, 2.05) is 24.1 Å². The van der Waals surface area contributed by atoms with Gasteiger partial charge in [0.05, 0.1) is 11.5 Å². The lowest BCUT2D eigenvalue weighted by Gasteiger charge is -2.48. The molecule has 7 heteroatoms. The topological polar surface area (TPSA) is 78.9 Å². The maximum atomic E-state index is 13.3. The number of amides is 2. The molecule has 1 aromatic carbocycles. The van der Waals surface area contributed by atoms with Crippen LogP contribution in [0.25, 0.3) is 0 Å². The van der Waals surface area contributed by atoms with Crippen molar-refractivity contribution < 1.29 is 19.4 Å². The van der Waals surface area contributed by atoms with Gasteiger partial charge in [-0.25, -0.2) is 4.79 Å². The highest BCUT2D eigenvalue weighted by Gasteiger charge is 2.48. The minimum Gasteiger partial charge on any atom is -0.481 e. The summed E-state index contributed by atoms with van der Waals surface area (Å²) in [5, 5.41) is 13.5. The van der Waals surface area contributed by atoms with E-state index >= 15 is 0 Å². The third kappa shape index (κ3) is 4.47. The molecule has 1 atom stereocenters. The van der Waals surface area contributed by atoms with Gasteiger partial charge in [0.25, 0.3) is 0 Å². The van der Waals surface area contributed by atoms with Crippen LogP contribution in [0.2, 0.25) is 5.02 Å². The highest BCUT2D eigenvalue weighted by Crippen LogP contribution is 2.50. The van der Waals surface area contributed by atoms with Crippen LogP contribution < -0.4 is 5.32 Å². The molecule has 0 radical (unpaired) electrons. The van der Waals surface area contributed by atoms with Gasteiger partial charge in [-0.05, 0) is 92.4 Å². The highest BCUT2D eigenvalue weighted by atomic mass is 35.5. The number of benzene rings is 1. The molecule has 2 N–H and O–H groups in total. The number of aliphatic carboxylic acids is 1. The number of carboxylic acid groups (broad SMARTS) is 1. The molecule has 2 amide bonds. The van der Waals surface area contributed by atoms with Crippen molar-refractivity contribution in [3.05, 3.63) is 46.1 Å². The van der Waals surface area contributed by atoms with E-state index in [0.717, 1.165) is 47.4 Å². The van der Waals surface area contributed by atoms with Crippen LogP contribution in [0.5, 0.6) is 0 Å². The molecule has 0 spiro atoms. The lowest BCUT2D eigenvalue weighted by atomic mass is 9.65. The molecule has 2 heterocycles. The lowest BCUT2D eigenvalue weighted by Crippen LogP contribution is -2.58. The molecule has 0 unspecified atom stereocenters. The van der Waals surface area contributed by atoms with Crippen molar-refractivity contribution in [3.63, 3.8) is 0 Å². The highest BCUT2D eigenvalue weighted by molar-refractivity contribution is 6.31. The first-order valence-electron chi connectivity index (χ1n) is 12.6. The number of rotatable bonds is 7. The molecule has 2 saturated carbocycles. The van der Waals surface area contributed by atoms with Gasteiger partial charge in [0.15, 0.2) is 0 Å². The molecule has 6 nitrogen and oxygen atoms in total. The second-order valence-corrected chi connectivity index (χ2v) is 11.6. The second kappa shape index (κ2) is 8.87. The maximum Gasteiger partial charge on any atom is 0.322 e. The summed E-state index contributed by atoms with van der Waals surface area (Å²) in [5.41, 5.74) is 2.92. The summed E-state index contributed by atoms with van der Waals surface area (Å²) in [6.07, 6.45) is 9.49. The van der Waals surface area contributed by atoms with Crippen molar-refractivity contribution in [3.8, 4) is 0 Å². The first kappa shape index (κ1) is 23.7. The predicted octanol–water partition coefficient (Wildman–Crippen LogP) is 5.49. The van der Waals surface area contributed by atoms with Gasteiger partial charge in [-0.1, -0.05) is 30.7 Å².